The maximum Gasteiger partial charge on any atom is 0.142 e. The molecule has 0 bridgehead atoms. The molecule has 2 atom stereocenters. The Morgan fingerprint density at radius 2 is 1.84 bits per heavy atom. The molecule has 3 aromatic rings. The molecule has 2 N–H and O–H groups in total. The van der Waals surface area contributed by atoms with Crippen molar-refractivity contribution < 1.29 is 4.74 Å². The van der Waals surface area contributed by atoms with E-state index in [1.165, 1.54) is 16.3 Å². The largest absolute Gasteiger partial charge is 0.486 e. The summed E-state index contributed by atoms with van der Waals surface area (Å²) in [5, 5.41) is 9.73. The average molecular weight is 332 g/mol. The minimum absolute atomic E-state index is 0.210. The molecule has 0 aromatic heterocycles. The van der Waals surface area contributed by atoms with E-state index in [9.17, 15) is 0 Å². The van der Waals surface area contributed by atoms with Crippen LogP contribution in [0.1, 0.15) is 24.9 Å². The van der Waals surface area contributed by atoms with Crippen LogP contribution in [-0.4, -0.2) is 19.2 Å². The first-order valence-electron chi connectivity index (χ1n) is 9.02. The van der Waals surface area contributed by atoms with Gasteiger partial charge in [-0.05, 0) is 48.4 Å². The van der Waals surface area contributed by atoms with Crippen molar-refractivity contribution in [3.63, 3.8) is 0 Å². The number of hydrogen-bond acceptors (Lipinski definition) is 3. The van der Waals surface area contributed by atoms with Gasteiger partial charge in [-0.25, -0.2) is 0 Å². The van der Waals surface area contributed by atoms with Gasteiger partial charge in [0.1, 0.15) is 11.9 Å². The highest BCUT2D eigenvalue weighted by Crippen LogP contribution is 2.29. The van der Waals surface area contributed by atoms with E-state index in [0.717, 1.165) is 30.9 Å². The van der Waals surface area contributed by atoms with E-state index in [1.54, 1.807) is 0 Å². The van der Waals surface area contributed by atoms with Crippen LogP contribution in [0.3, 0.4) is 0 Å². The van der Waals surface area contributed by atoms with E-state index in [2.05, 4.69) is 66.1 Å². The molecule has 0 radical (unpaired) electrons. The van der Waals surface area contributed by atoms with Crippen molar-refractivity contribution in [2.24, 2.45) is 0 Å². The van der Waals surface area contributed by atoms with Crippen molar-refractivity contribution in [3.05, 3.63) is 72.3 Å². The number of fused-ring (bicyclic) bond motifs is 2. The highest BCUT2D eigenvalue weighted by Gasteiger charge is 2.18. The molecule has 1 aliphatic heterocycles. The van der Waals surface area contributed by atoms with Crippen LogP contribution in [0.2, 0.25) is 0 Å². The molecule has 4 rings (SSSR count). The van der Waals surface area contributed by atoms with Crippen LogP contribution in [0.25, 0.3) is 10.8 Å². The standard InChI is InChI=1S/C22H24N2O/c1-16(19-10-6-8-17-7-2-3-9-20(17)19)23-14-13-18-15-24-21-11-4-5-12-22(21)25-18/h2-12,16,18,23-24H,13-15H2,1H3/t16-,18?/m0/s1. The summed E-state index contributed by atoms with van der Waals surface area (Å²) in [6.07, 6.45) is 1.19. The van der Waals surface area contributed by atoms with Crippen LogP contribution in [0.5, 0.6) is 5.75 Å². The monoisotopic (exact) mass is 332 g/mol. The summed E-state index contributed by atoms with van der Waals surface area (Å²) >= 11 is 0. The van der Waals surface area contributed by atoms with Gasteiger partial charge >= 0.3 is 0 Å². The van der Waals surface area contributed by atoms with Gasteiger partial charge in [-0.3, -0.25) is 0 Å². The smallest absolute Gasteiger partial charge is 0.142 e. The number of para-hydroxylation sites is 2. The van der Waals surface area contributed by atoms with Crippen molar-refractivity contribution in [1.82, 2.24) is 5.32 Å². The Labute approximate surface area is 149 Å². The third-order valence-corrected chi connectivity index (χ3v) is 4.91. The van der Waals surface area contributed by atoms with Crippen molar-refractivity contribution in [2.75, 3.05) is 18.4 Å². The molecule has 1 aliphatic rings. The van der Waals surface area contributed by atoms with E-state index < -0.39 is 0 Å². The highest BCUT2D eigenvalue weighted by atomic mass is 16.5. The summed E-state index contributed by atoms with van der Waals surface area (Å²) in [4.78, 5) is 0. The van der Waals surface area contributed by atoms with Crippen LogP contribution in [0.15, 0.2) is 66.7 Å². The number of rotatable bonds is 5. The summed E-state index contributed by atoms with van der Waals surface area (Å²) in [6, 6.07) is 23.6. The Morgan fingerprint density at radius 1 is 1.04 bits per heavy atom. The second-order valence-corrected chi connectivity index (χ2v) is 6.65. The van der Waals surface area contributed by atoms with E-state index in [1.807, 2.05) is 18.2 Å². The second-order valence-electron chi connectivity index (χ2n) is 6.65. The lowest BCUT2D eigenvalue weighted by Crippen LogP contribution is -2.34. The van der Waals surface area contributed by atoms with Crippen LogP contribution in [0.4, 0.5) is 5.69 Å². The maximum absolute atomic E-state index is 6.09. The van der Waals surface area contributed by atoms with E-state index in [0.29, 0.717) is 6.04 Å². The van der Waals surface area contributed by atoms with Crippen molar-refractivity contribution >= 4 is 16.5 Å². The number of anilines is 1. The summed E-state index contributed by atoms with van der Waals surface area (Å²) in [5.74, 6) is 0.959. The third-order valence-electron chi connectivity index (χ3n) is 4.91. The van der Waals surface area contributed by atoms with Gasteiger partial charge in [0.05, 0.1) is 12.2 Å². The molecule has 3 heteroatoms. The molecule has 0 saturated heterocycles. The van der Waals surface area contributed by atoms with Gasteiger partial charge in [0.25, 0.3) is 0 Å². The lowest BCUT2D eigenvalue weighted by atomic mass is 9.99. The zero-order valence-electron chi connectivity index (χ0n) is 14.5. The summed E-state index contributed by atoms with van der Waals surface area (Å²) in [5.41, 5.74) is 2.45. The lowest BCUT2D eigenvalue weighted by molar-refractivity contribution is 0.193. The van der Waals surface area contributed by atoms with Gasteiger partial charge in [0.15, 0.2) is 0 Å². The fourth-order valence-corrected chi connectivity index (χ4v) is 3.52. The number of hydrogen-bond donors (Lipinski definition) is 2. The maximum atomic E-state index is 6.09. The Kier molecular flexibility index (Phi) is 4.57. The number of nitrogens with one attached hydrogen (secondary N) is 2. The van der Waals surface area contributed by atoms with Gasteiger partial charge in [-0.1, -0.05) is 54.6 Å². The predicted octanol–water partition coefficient (Wildman–Crippen LogP) is 4.75. The van der Waals surface area contributed by atoms with Gasteiger partial charge < -0.3 is 15.4 Å². The molecule has 25 heavy (non-hydrogen) atoms. The second kappa shape index (κ2) is 7.16. The molecule has 0 aliphatic carbocycles. The molecule has 128 valence electrons. The topological polar surface area (TPSA) is 33.3 Å². The molecule has 0 amide bonds. The predicted molar refractivity (Wildman–Crippen MR) is 104 cm³/mol. The molecule has 1 unspecified atom stereocenters. The molecule has 0 saturated carbocycles. The SMILES string of the molecule is C[C@H](NCCC1CNc2ccccc2O1)c1cccc2ccccc12. The molecular weight excluding hydrogens is 308 g/mol. The van der Waals surface area contributed by atoms with Crippen molar-refractivity contribution in [3.8, 4) is 5.75 Å². The molecular formula is C22H24N2O. The molecule has 0 fully saturated rings. The van der Waals surface area contributed by atoms with Gasteiger partial charge in [-0.15, -0.1) is 0 Å². The van der Waals surface area contributed by atoms with E-state index in [-0.39, 0.29) is 6.10 Å². The van der Waals surface area contributed by atoms with Crippen molar-refractivity contribution in [1.29, 1.82) is 0 Å². The van der Waals surface area contributed by atoms with Gasteiger partial charge in [0, 0.05) is 6.04 Å². The van der Waals surface area contributed by atoms with Crippen LogP contribution in [-0.2, 0) is 0 Å². The Hall–Kier alpha value is -2.52. The Bertz CT molecular complexity index is 856. The Morgan fingerprint density at radius 3 is 2.80 bits per heavy atom. The first-order valence-corrected chi connectivity index (χ1v) is 9.02. The average Bonchev–Trinajstić information content (AvgIpc) is 2.67. The van der Waals surface area contributed by atoms with E-state index >= 15 is 0 Å². The lowest BCUT2D eigenvalue weighted by Gasteiger charge is -2.28. The molecule has 3 aromatic carbocycles. The molecule has 0 spiro atoms. The minimum Gasteiger partial charge on any atom is -0.486 e. The van der Waals surface area contributed by atoms with Crippen molar-refractivity contribution in [2.45, 2.75) is 25.5 Å². The number of ether oxygens (including phenoxy) is 1. The zero-order valence-corrected chi connectivity index (χ0v) is 14.5. The van der Waals surface area contributed by atoms with Crippen LogP contribution >= 0.6 is 0 Å². The fourth-order valence-electron chi connectivity index (χ4n) is 3.52. The quantitative estimate of drug-likeness (QED) is 0.707. The first-order chi connectivity index (χ1) is 12.3. The first kappa shape index (κ1) is 16.0. The van der Waals surface area contributed by atoms with Crippen LogP contribution < -0.4 is 15.4 Å². The zero-order chi connectivity index (χ0) is 17.1. The molecule has 1 heterocycles. The third kappa shape index (κ3) is 3.47. The minimum atomic E-state index is 0.210. The normalized spacial score (nSPS) is 17.4. The summed E-state index contributed by atoms with van der Waals surface area (Å²) in [7, 11) is 0. The fraction of sp³-hybridized carbons (Fsp3) is 0.273. The highest BCUT2D eigenvalue weighted by molar-refractivity contribution is 5.86. The van der Waals surface area contributed by atoms with Gasteiger partial charge in [0.2, 0.25) is 0 Å². The molecule has 3 nitrogen and oxygen atoms in total. The summed E-state index contributed by atoms with van der Waals surface area (Å²) in [6.45, 7) is 4.03. The van der Waals surface area contributed by atoms with Gasteiger partial charge in [-0.2, -0.15) is 0 Å². The van der Waals surface area contributed by atoms with E-state index in [4.69, 9.17) is 4.74 Å². The Balaban J connectivity index is 1.36. The number of benzene rings is 3. The van der Waals surface area contributed by atoms with Crippen LogP contribution in [0, 0.1) is 0 Å². The summed E-state index contributed by atoms with van der Waals surface area (Å²) < 4.78 is 6.09.